The molecule has 1 amide bonds. The van der Waals surface area contributed by atoms with Crippen LogP contribution in [0.4, 0.5) is 4.39 Å². The van der Waals surface area contributed by atoms with Gasteiger partial charge in [-0.15, -0.1) is 0 Å². The molecule has 0 spiro atoms. The number of H-pyrrole nitrogens is 2. The van der Waals surface area contributed by atoms with Crippen molar-refractivity contribution in [2.24, 2.45) is 0 Å². The lowest BCUT2D eigenvalue weighted by atomic mass is 10.1. The Morgan fingerprint density at radius 1 is 1.05 bits per heavy atom. The zero-order chi connectivity index (χ0) is 27.2. The minimum Gasteiger partial charge on any atom is -0.340 e. The molecule has 0 aliphatic carbocycles. The van der Waals surface area contributed by atoms with Gasteiger partial charge in [0.25, 0.3) is 11.1 Å². The van der Waals surface area contributed by atoms with Crippen molar-refractivity contribution in [3.63, 3.8) is 0 Å². The van der Waals surface area contributed by atoms with Crippen molar-refractivity contribution in [1.82, 2.24) is 29.3 Å². The molecule has 9 nitrogen and oxygen atoms in total. The smallest absolute Gasteiger partial charge is 0.272 e. The highest BCUT2D eigenvalue weighted by atomic mass is 19.1. The minimum absolute atomic E-state index is 0.0484. The second-order valence-electron chi connectivity index (χ2n) is 9.87. The van der Waals surface area contributed by atoms with E-state index in [1.54, 1.807) is 18.5 Å². The van der Waals surface area contributed by atoms with Gasteiger partial charge < -0.3 is 19.4 Å². The van der Waals surface area contributed by atoms with Gasteiger partial charge in [0, 0.05) is 44.8 Å². The summed E-state index contributed by atoms with van der Waals surface area (Å²) in [4.78, 5) is 51.4. The number of nitrogens with one attached hydrogen (secondary N) is 2. The van der Waals surface area contributed by atoms with E-state index in [9.17, 15) is 18.8 Å². The monoisotopic (exact) mass is 522 g/mol. The van der Waals surface area contributed by atoms with Crippen molar-refractivity contribution in [2.45, 2.75) is 46.1 Å². The van der Waals surface area contributed by atoms with Gasteiger partial charge >= 0.3 is 0 Å². The fourth-order valence-electron chi connectivity index (χ4n) is 4.83. The molecule has 3 heterocycles. The topological polar surface area (TPSA) is 107 Å². The molecule has 38 heavy (non-hydrogen) atoms. The maximum Gasteiger partial charge on any atom is 0.272 e. The van der Waals surface area contributed by atoms with Crippen molar-refractivity contribution in [2.75, 3.05) is 32.7 Å². The Morgan fingerprint density at radius 3 is 2.37 bits per heavy atom. The van der Waals surface area contributed by atoms with Crippen molar-refractivity contribution in [3.05, 3.63) is 84.8 Å². The summed E-state index contributed by atoms with van der Waals surface area (Å²) in [7, 11) is 0. The van der Waals surface area contributed by atoms with Gasteiger partial charge in [-0.25, -0.2) is 9.37 Å². The number of carbonyl (C=O) groups excluding carboxylic acids is 1. The van der Waals surface area contributed by atoms with Crippen LogP contribution in [-0.2, 0) is 11.3 Å². The first-order valence-corrected chi connectivity index (χ1v) is 13.1. The Balaban J connectivity index is 1.49. The molecule has 1 aromatic carbocycles. The van der Waals surface area contributed by atoms with Crippen molar-refractivity contribution >= 4 is 18.1 Å². The molecule has 0 bridgehead atoms. The molecule has 202 valence electrons. The Kier molecular flexibility index (Phi) is 8.73. The largest absolute Gasteiger partial charge is 0.340 e. The third kappa shape index (κ3) is 6.55. The van der Waals surface area contributed by atoms with Gasteiger partial charge in [0.2, 0.25) is 5.91 Å². The van der Waals surface area contributed by atoms with Gasteiger partial charge in [0.15, 0.2) is 0 Å². The first kappa shape index (κ1) is 27.3. The van der Waals surface area contributed by atoms with Gasteiger partial charge in [0.1, 0.15) is 16.5 Å². The van der Waals surface area contributed by atoms with E-state index in [2.05, 4.69) is 38.3 Å². The predicted octanol–water partition coefficient (Wildman–Crippen LogP) is 1.12. The molecule has 10 heteroatoms. The number of aryl methyl sites for hydroxylation is 1. The van der Waals surface area contributed by atoms with Gasteiger partial charge in [-0.1, -0.05) is 32.9 Å². The number of nitrogens with zero attached hydrogens (tertiary/aromatic N) is 4. The average molecular weight is 523 g/mol. The molecule has 0 radical (unpaired) electrons. The van der Waals surface area contributed by atoms with Crippen molar-refractivity contribution in [3.8, 4) is 0 Å². The van der Waals surface area contributed by atoms with Crippen LogP contribution in [0.1, 0.15) is 56.5 Å². The van der Waals surface area contributed by atoms with Crippen molar-refractivity contribution < 1.29 is 9.18 Å². The highest BCUT2D eigenvalue weighted by molar-refractivity contribution is 5.75. The molecule has 3 aromatic rings. The lowest BCUT2D eigenvalue weighted by Gasteiger charge is -2.34. The number of aromatic nitrogens is 4. The quantitative estimate of drug-likeness (QED) is 0.461. The Bertz CT molecular complexity index is 1510. The lowest BCUT2D eigenvalue weighted by Crippen LogP contribution is -2.48. The molecule has 2 aromatic heterocycles. The lowest BCUT2D eigenvalue weighted by molar-refractivity contribution is -0.132. The molecule has 1 aliphatic heterocycles. The highest BCUT2D eigenvalue weighted by Gasteiger charge is 2.20. The zero-order valence-electron chi connectivity index (χ0n) is 22.2. The number of amides is 1. The number of benzene rings is 1. The average Bonchev–Trinajstić information content (AvgIpc) is 3.29. The van der Waals surface area contributed by atoms with E-state index in [0.29, 0.717) is 17.7 Å². The summed E-state index contributed by atoms with van der Waals surface area (Å²) >= 11 is 0. The number of imidazole rings is 1. The standard InChI is InChI=1S/C28H35FN6O3/c1-4-25(36)34-13-11-33(12-14-34)9-6-10-35-18-30-22(26(35)19(2)3)17-24-28(38)31-23(27(37)32-24)16-20-7-5-8-21(29)15-20/h5,7-8,15-19H,4,6,9-14H2,1-3H3,(H,31,38)(H,32,37)/b23-16-,24-17-. The third-order valence-electron chi connectivity index (χ3n) is 6.78. The molecular formula is C28H35FN6O3. The molecule has 1 fully saturated rings. The van der Waals surface area contributed by atoms with Crippen LogP contribution in [0.5, 0.6) is 0 Å². The summed E-state index contributed by atoms with van der Waals surface area (Å²) in [5.74, 6) is -0.0583. The second-order valence-corrected chi connectivity index (χ2v) is 9.87. The van der Waals surface area contributed by atoms with Crippen molar-refractivity contribution in [1.29, 1.82) is 0 Å². The third-order valence-corrected chi connectivity index (χ3v) is 6.78. The van der Waals surface area contributed by atoms with Crippen LogP contribution >= 0.6 is 0 Å². The number of piperazine rings is 1. The summed E-state index contributed by atoms with van der Waals surface area (Å²) in [5.41, 5.74) is 1.15. The van der Waals surface area contributed by atoms with Crippen LogP contribution in [0.15, 0.2) is 40.2 Å². The first-order valence-electron chi connectivity index (χ1n) is 13.1. The van der Waals surface area contributed by atoms with E-state index < -0.39 is 16.9 Å². The van der Waals surface area contributed by atoms with Gasteiger partial charge in [-0.2, -0.15) is 0 Å². The maximum atomic E-state index is 13.5. The SMILES string of the molecule is CCC(=O)N1CCN(CCCn2cnc(/C=c3\[nH]c(=O)/c(=C/c4cccc(F)c4)[nH]c3=O)c2C(C)C)CC1. The number of rotatable bonds is 8. The van der Waals surface area contributed by atoms with Crippen LogP contribution in [0.2, 0.25) is 0 Å². The first-order chi connectivity index (χ1) is 18.2. The summed E-state index contributed by atoms with van der Waals surface area (Å²) in [6.07, 6.45) is 6.29. The van der Waals surface area contributed by atoms with Gasteiger partial charge in [-0.05, 0) is 48.7 Å². The van der Waals surface area contributed by atoms with Crippen LogP contribution in [0.25, 0.3) is 12.2 Å². The normalized spacial score (nSPS) is 15.6. The minimum atomic E-state index is -0.480. The van der Waals surface area contributed by atoms with E-state index in [0.717, 1.165) is 51.4 Å². The van der Waals surface area contributed by atoms with Crippen LogP contribution < -0.4 is 21.8 Å². The van der Waals surface area contributed by atoms with E-state index in [4.69, 9.17) is 0 Å². The zero-order valence-corrected chi connectivity index (χ0v) is 22.2. The van der Waals surface area contributed by atoms with Gasteiger partial charge in [-0.3, -0.25) is 19.3 Å². The van der Waals surface area contributed by atoms with E-state index in [1.807, 2.05) is 11.8 Å². The van der Waals surface area contributed by atoms with E-state index in [1.165, 1.54) is 24.3 Å². The molecule has 0 atom stereocenters. The molecule has 0 saturated carbocycles. The Morgan fingerprint density at radius 2 is 1.74 bits per heavy atom. The fourth-order valence-corrected chi connectivity index (χ4v) is 4.83. The number of hydrogen-bond acceptors (Lipinski definition) is 5. The number of hydrogen-bond donors (Lipinski definition) is 2. The summed E-state index contributed by atoms with van der Waals surface area (Å²) in [5, 5.41) is 0.158. The molecule has 1 aliphatic rings. The predicted molar refractivity (Wildman–Crippen MR) is 145 cm³/mol. The second kappa shape index (κ2) is 12.2. The number of halogens is 1. The molecule has 4 rings (SSSR count). The van der Waals surface area contributed by atoms with Crippen LogP contribution in [0.3, 0.4) is 0 Å². The Hall–Kier alpha value is -3.79. The van der Waals surface area contributed by atoms with E-state index >= 15 is 0 Å². The molecule has 2 N–H and O–H groups in total. The summed E-state index contributed by atoms with van der Waals surface area (Å²) in [6.45, 7) is 11.1. The van der Waals surface area contributed by atoms with Crippen LogP contribution in [0, 0.1) is 5.82 Å². The van der Waals surface area contributed by atoms with Crippen LogP contribution in [-0.4, -0.2) is 67.9 Å². The summed E-state index contributed by atoms with van der Waals surface area (Å²) in [6, 6.07) is 5.78. The number of aromatic amines is 2. The maximum absolute atomic E-state index is 13.5. The fraction of sp³-hybridized carbons (Fsp3) is 0.429. The van der Waals surface area contributed by atoms with E-state index in [-0.39, 0.29) is 22.5 Å². The Labute approximate surface area is 220 Å². The molecular weight excluding hydrogens is 487 g/mol. The number of carbonyl (C=O) groups is 1. The summed E-state index contributed by atoms with van der Waals surface area (Å²) < 4.78 is 15.6. The molecule has 0 unspecified atom stereocenters. The molecule has 1 saturated heterocycles. The highest BCUT2D eigenvalue weighted by Crippen LogP contribution is 2.20. The van der Waals surface area contributed by atoms with Gasteiger partial charge in [0.05, 0.1) is 12.0 Å².